The number of carboxylic acids is 1. The summed E-state index contributed by atoms with van der Waals surface area (Å²) in [6.07, 6.45) is 3.10. The summed E-state index contributed by atoms with van der Waals surface area (Å²) in [5, 5.41) is 9.52. The highest BCUT2D eigenvalue weighted by Crippen LogP contribution is 2.25. The number of rotatable bonds is 2. The zero-order chi connectivity index (χ0) is 10.8. The van der Waals surface area contributed by atoms with E-state index in [4.69, 9.17) is 16.7 Å². The van der Waals surface area contributed by atoms with Crippen LogP contribution in [0, 0.1) is 0 Å². The van der Waals surface area contributed by atoms with Gasteiger partial charge in [-0.1, -0.05) is 23.7 Å². The summed E-state index contributed by atoms with van der Waals surface area (Å²) in [5.41, 5.74) is 1.68. The molecule has 0 aliphatic carbocycles. The summed E-state index contributed by atoms with van der Waals surface area (Å²) >= 11 is 5.84. The molecule has 0 fully saturated rings. The number of aromatic carboxylic acids is 1. The van der Waals surface area contributed by atoms with Gasteiger partial charge in [-0.25, -0.2) is 4.79 Å². The normalized spacial score (nSPS) is 10.2. The van der Waals surface area contributed by atoms with Crippen LogP contribution in [0.5, 0.6) is 0 Å². The van der Waals surface area contributed by atoms with Gasteiger partial charge < -0.3 is 10.1 Å². The van der Waals surface area contributed by atoms with Crippen LogP contribution in [0.4, 0.5) is 0 Å². The van der Waals surface area contributed by atoms with E-state index >= 15 is 0 Å². The molecule has 2 N–H and O–H groups in total. The minimum absolute atomic E-state index is 0.247. The summed E-state index contributed by atoms with van der Waals surface area (Å²) in [7, 11) is 0. The molecule has 76 valence electrons. The predicted octanol–water partition coefficient (Wildman–Crippen LogP) is 3.03. The van der Waals surface area contributed by atoms with Gasteiger partial charge in [0.25, 0.3) is 0 Å². The lowest BCUT2D eigenvalue weighted by Gasteiger charge is -2.00. The average molecular weight is 222 g/mol. The maximum Gasteiger partial charge on any atom is 0.337 e. The Morgan fingerprint density at radius 2 is 2.13 bits per heavy atom. The zero-order valence-corrected chi connectivity index (χ0v) is 8.45. The van der Waals surface area contributed by atoms with Crippen molar-refractivity contribution >= 4 is 17.6 Å². The maximum absolute atomic E-state index is 10.9. The van der Waals surface area contributed by atoms with Crippen molar-refractivity contribution in [2.75, 3.05) is 0 Å². The first kappa shape index (κ1) is 9.80. The molecule has 0 unspecified atom stereocenters. The summed E-state index contributed by atoms with van der Waals surface area (Å²) < 4.78 is 0. The van der Waals surface area contributed by atoms with Gasteiger partial charge in [-0.15, -0.1) is 0 Å². The fraction of sp³-hybridized carbons (Fsp3) is 0. The van der Waals surface area contributed by atoms with Crippen LogP contribution in [-0.2, 0) is 0 Å². The third-order valence-corrected chi connectivity index (χ3v) is 2.35. The number of carbonyl (C=O) groups is 1. The van der Waals surface area contributed by atoms with Gasteiger partial charge in [-0.05, 0) is 17.7 Å². The molecule has 0 amide bonds. The number of aromatic nitrogens is 1. The Labute approximate surface area is 91.3 Å². The Morgan fingerprint density at radius 3 is 2.80 bits per heavy atom. The number of hydrogen-bond donors (Lipinski definition) is 2. The Balaban J connectivity index is 2.54. The lowest BCUT2D eigenvalue weighted by molar-refractivity contribution is 0.0698. The Morgan fingerprint density at radius 1 is 1.33 bits per heavy atom. The molecule has 0 radical (unpaired) electrons. The Hall–Kier alpha value is -1.74. The number of benzene rings is 1. The van der Waals surface area contributed by atoms with Gasteiger partial charge in [0.15, 0.2) is 0 Å². The van der Waals surface area contributed by atoms with Gasteiger partial charge in [0, 0.05) is 23.0 Å². The standard InChI is InChI=1S/C11H8ClNO2/c12-8-3-1-2-7(4-8)9-5-13-6-10(9)11(14)15/h1-6,13H,(H,14,15). The van der Waals surface area contributed by atoms with Crippen molar-refractivity contribution in [3.05, 3.63) is 47.2 Å². The van der Waals surface area contributed by atoms with Crippen molar-refractivity contribution in [3.63, 3.8) is 0 Å². The topological polar surface area (TPSA) is 53.1 Å². The molecule has 4 heteroatoms. The second-order valence-electron chi connectivity index (χ2n) is 3.10. The molecule has 1 heterocycles. The molecular weight excluding hydrogens is 214 g/mol. The third-order valence-electron chi connectivity index (χ3n) is 2.11. The van der Waals surface area contributed by atoms with Crippen LogP contribution in [0.2, 0.25) is 5.02 Å². The van der Waals surface area contributed by atoms with Gasteiger partial charge in [-0.3, -0.25) is 0 Å². The minimum Gasteiger partial charge on any atom is -0.478 e. The van der Waals surface area contributed by atoms with Crippen LogP contribution >= 0.6 is 11.6 Å². The predicted molar refractivity (Wildman–Crippen MR) is 58.2 cm³/mol. The molecule has 15 heavy (non-hydrogen) atoms. The fourth-order valence-corrected chi connectivity index (χ4v) is 1.63. The lowest BCUT2D eigenvalue weighted by atomic mass is 10.1. The van der Waals surface area contributed by atoms with Crippen LogP contribution in [0.15, 0.2) is 36.7 Å². The molecule has 0 spiro atoms. The van der Waals surface area contributed by atoms with Crippen molar-refractivity contribution < 1.29 is 9.90 Å². The molecule has 0 saturated carbocycles. The lowest BCUT2D eigenvalue weighted by Crippen LogP contribution is -1.95. The second-order valence-corrected chi connectivity index (χ2v) is 3.53. The minimum atomic E-state index is -0.953. The number of hydrogen-bond acceptors (Lipinski definition) is 1. The van der Waals surface area contributed by atoms with E-state index in [2.05, 4.69) is 4.98 Å². The van der Waals surface area contributed by atoms with E-state index in [0.29, 0.717) is 10.6 Å². The van der Waals surface area contributed by atoms with Gasteiger partial charge in [0.05, 0.1) is 5.56 Å². The highest BCUT2D eigenvalue weighted by Gasteiger charge is 2.12. The molecule has 2 aromatic rings. The van der Waals surface area contributed by atoms with E-state index in [1.807, 2.05) is 6.07 Å². The molecule has 1 aromatic carbocycles. The Bertz CT molecular complexity index is 505. The highest BCUT2D eigenvalue weighted by molar-refractivity contribution is 6.30. The SMILES string of the molecule is O=C(O)c1c[nH]cc1-c1cccc(Cl)c1. The molecule has 0 aliphatic heterocycles. The van der Waals surface area contributed by atoms with E-state index in [-0.39, 0.29) is 5.56 Å². The number of H-pyrrole nitrogens is 1. The number of carboxylic acid groups (broad SMARTS) is 1. The van der Waals surface area contributed by atoms with Crippen molar-refractivity contribution in [1.82, 2.24) is 4.98 Å². The number of nitrogens with one attached hydrogen (secondary N) is 1. The largest absolute Gasteiger partial charge is 0.478 e. The van der Waals surface area contributed by atoms with E-state index in [9.17, 15) is 4.79 Å². The number of halogens is 1. The summed E-state index contributed by atoms with van der Waals surface area (Å²) in [5.74, 6) is -0.953. The molecule has 0 atom stereocenters. The first-order valence-electron chi connectivity index (χ1n) is 4.34. The van der Waals surface area contributed by atoms with E-state index in [0.717, 1.165) is 5.56 Å². The summed E-state index contributed by atoms with van der Waals surface area (Å²) in [6, 6.07) is 7.09. The van der Waals surface area contributed by atoms with Crippen LogP contribution in [0.3, 0.4) is 0 Å². The van der Waals surface area contributed by atoms with Gasteiger partial charge in [0.1, 0.15) is 0 Å². The molecule has 1 aromatic heterocycles. The second kappa shape index (κ2) is 3.79. The van der Waals surface area contributed by atoms with Crippen molar-refractivity contribution in [2.24, 2.45) is 0 Å². The fourth-order valence-electron chi connectivity index (χ4n) is 1.44. The van der Waals surface area contributed by atoms with Crippen LogP contribution in [0.25, 0.3) is 11.1 Å². The first-order valence-corrected chi connectivity index (χ1v) is 4.72. The van der Waals surface area contributed by atoms with E-state index in [1.54, 1.807) is 24.4 Å². The van der Waals surface area contributed by atoms with Crippen molar-refractivity contribution in [3.8, 4) is 11.1 Å². The van der Waals surface area contributed by atoms with E-state index in [1.165, 1.54) is 6.20 Å². The molecule has 0 bridgehead atoms. The number of aromatic amines is 1. The van der Waals surface area contributed by atoms with Gasteiger partial charge >= 0.3 is 5.97 Å². The molecule has 2 rings (SSSR count). The van der Waals surface area contributed by atoms with Crippen LogP contribution in [0.1, 0.15) is 10.4 Å². The smallest absolute Gasteiger partial charge is 0.337 e. The third kappa shape index (κ3) is 1.87. The first-order chi connectivity index (χ1) is 7.18. The maximum atomic E-state index is 10.9. The molecule has 0 aliphatic rings. The zero-order valence-electron chi connectivity index (χ0n) is 7.70. The average Bonchev–Trinajstić information content (AvgIpc) is 2.65. The van der Waals surface area contributed by atoms with Crippen molar-refractivity contribution in [2.45, 2.75) is 0 Å². The molecule has 3 nitrogen and oxygen atoms in total. The van der Waals surface area contributed by atoms with Crippen LogP contribution in [-0.4, -0.2) is 16.1 Å². The molecule has 0 saturated heterocycles. The Kier molecular flexibility index (Phi) is 2.47. The monoisotopic (exact) mass is 221 g/mol. The van der Waals surface area contributed by atoms with Gasteiger partial charge in [-0.2, -0.15) is 0 Å². The summed E-state index contributed by atoms with van der Waals surface area (Å²) in [4.78, 5) is 13.7. The quantitative estimate of drug-likeness (QED) is 0.819. The van der Waals surface area contributed by atoms with E-state index < -0.39 is 5.97 Å². The van der Waals surface area contributed by atoms with Crippen LogP contribution < -0.4 is 0 Å². The van der Waals surface area contributed by atoms with Gasteiger partial charge in [0.2, 0.25) is 0 Å². The highest BCUT2D eigenvalue weighted by atomic mass is 35.5. The van der Waals surface area contributed by atoms with Crippen molar-refractivity contribution in [1.29, 1.82) is 0 Å². The molecular formula is C11H8ClNO2. The summed E-state index contributed by atoms with van der Waals surface area (Å²) in [6.45, 7) is 0.